The van der Waals surface area contributed by atoms with Gasteiger partial charge in [-0.2, -0.15) is 0 Å². The van der Waals surface area contributed by atoms with E-state index >= 15 is 0 Å². The first-order valence-corrected chi connectivity index (χ1v) is 5.78. The molecule has 88 valence electrons. The Morgan fingerprint density at radius 2 is 2.44 bits per heavy atom. The molecule has 0 N–H and O–H groups in total. The molecule has 5 nitrogen and oxygen atoms in total. The Kier molecular flexibility index (Phi) is 3.33. The first-order valence-electron chi connectivity index (χ1n) is 5.78. The van der Waals surface area contributed by atoms with Gasteiger partial charge in [-0.1, -0.05) is 19.1 Å². The fourth-order valence-corrected chi connectivity index (χ4v) is 2.23. The van der Waals surface area contributed by atoms with E-state index in [1.807, 2.05) is 4.68 Å². The molecule has 1 aromatic heterocycles. The number of hydrogen-bond donors (Lipinski definition) is 0. The second-order valence-corrected chi connectivity index (χ2v) is 4.84. The van der Waals surface area contributed by atoms with Gasteiger partial charge in [-0.05, 0) is 12.3 Å². The van der Waals surface area contributed by atoms with Crippen molar-refractivity contribution in [1.29, 1.82) is 0 Å². The molecular weight excluding hydrogens is 204 g/mol. The maximum Gasteiger partial charge on any atom is 0.171 e. The lowest BCUT2D eigenvalue weighted by atomic mass is 10.2. The third kappa shape index (κ3) is 2.47. The van der Waals surface area contributed by atoms with E-state index in [2.05, 4.69) is 29.1 Å². The second kappa shape index (κ2) is 4.74. The van der Waals surface area contributed by atoms with Crippen molar-refractivity contribution in [3.8, 4) is 0 Å². The molecule has 1 atom stereocenters. The summed E-state index contributed by atoms with van der Waals surface area (Å²) in [7, 11) is 0. The first kappa shape index (κ1) is 11.3. The van der Waals surface area contributed by atoms with Crippen LogP contribution < -0.4 is 0 Å². The van der Waals surface area contributed by atoms with Gasteiger partial charge < -0.3 is 4.90 Å². The first-order chi connectivity index (χ1) is 7.69. The summed E-state index contributed by atoms with van der Waals surface area (Å²) in [5, 5.41) is 7.78. The molecule has 0 bridgehead atoms. The predicted molar refractivity (Wildman–Crippen MR) is 60.3 cm³/mol. The number of carbonyl (C=O) groups is 1. The van der Waals surface area contributed by atoms with E-state index in [4.69, 9.17) is 0 Å². The van der Waals surface area contributed by atoms with E-state index in [1.165, 1.54) is 0 Å². The minimum Gasteiger partial charge on any atom is -0.301 e. The van der Waals surface area contributed by atoms with Gasteiger partial charge in [0.1, 0.15) is 5.69 Å². The minimum atomic E-state index is 0.375. The van der Waals surface area contributed by atoms with Crippen molar-refractivity contribution >= 4 is 6.29 Å². The summed E-state index contributed by atoms with van der Waals surface area (Å²) in [5.74, 6) is 0.694. The standard InChI is InChI=1S/C11H18N4O/c1-9(2)5-14-4-3-11(7-14)15-6-10(8-16)12-13-15/h6,8-9,11H,3-5,7H2,1-2H3/t11-/m0/s1. The third-order valence-corrected chi connectivity index (χ3v) is 2.89. The molecule has 0 spiro atoms. The van der Waals surface area contributed by atoms with Crippen LogP contribution in [0.3, 0.4) is 0 Å². The molecule has 1 saturated heterocycles. The Morgan fingerprint density at radius 3 is 3.06 bits per heavy atom. The van der Waals surface area contributed by atoms with Crippen LogP contribution in [0.25, 0.3) is 0 Å². The van der Waals surface area contributed by atoms with Crippen LogP contribution in [0.5, 0.6) is 0 Å². The van der Waals surface area contributed by atoms with E-state index in [1.54, 1.807) is 6.20 Å². The summed E-state index contributed by atoms with van der Waals surface area (Å²) in [4.78, 5) is 13.0. The Labute approximate surface area is 95.4 Å². The minimum absolute atomic E-state index is 0.375. The quantitative estimate of drug-likeness (QED) is 0.713. The fraction of sp³-hybridized carbons (Fsp3) is 0.727. The highest BCUT2D eigenvalue weighted by molar-refractivity contribution is 5.70. The average molecular weight is 222 g/mol. The van der Waals surface area contributed by atoms with Crippen LogP contribution in [0.2, 0.25) is 0 Å². The number of nitrogens with zero attached hydrogens (tertiary/aromatic N) is 4. The molecule has 2 heterocycles. The maximum atomic E-state index is 10.5. The fourth-order valence-electron chi connectivity index (χ4n) is 2.23. The second-order valence-electron chi connectivity index (χ2n) is 4.84. The van der Waals surface area contributed by atoms with Gasteiger partial charge in [0, 0.05) is 19.6 Å². The van der Waals surface area contributed by atoms with E-state index in [9.17, 15) is 4.79 Å². The zero-order valence-corrected chi connectivity index (χ0v) is 9.83. The molecule has 5 heteroatoms. The lowest BCUT2D eigenvalue weighted by molar-refractivity contribution is 0.111. The zero-order chi connectivity index (χ0) is 11.5. The van der Waals surface area contributed by atoms with Crippen molar-refractivity contribution in [3.63, 3.8) is 0 Å². The van der Waals surface area contributed by atoms with Crippen molar-refractivity contribution in [2.75, 3.05) is 19.6 Å². The Morgan fingerprint density at radius 1 is 1.62 bits per heavy atom. The smallest absolute Gasteiger partial charge is 0.171 e. The summed E-state index contributed by atoms with van der Waals surface area (Å²) < 4.78 is 1.82. The molecule has 0 aromatic carbocycles. The molecule has 1 aliphatic rings. The normalized spacial score (nSPS) is 21.8. The third-order valence-electron chi connectivity index (χ3n) is 2.89. The van der Waals surface area contributed by atoms with Gasteiger partial charge in [0.25, 0.3) is 0 Å². The Hall–Kier alpha value is -1.23. The molecule has 0 unspecified atom stereocenters. The van der Waals surface area contributed by atoms with Gasteiger partial charge in [0.2, 0.25) is 0 Å². The molecule has 0 amide bonds. The number of hydrogen-bond acceptors (Lipinski definition) is 4. The largest absolute Gasteiger partial charge is 0.301 e. The van der Waals surface area contributed by atoms with Gasteiger partial charge in [-0.25, -0.2) is 4.68 Å². The summed E-state index contributed by atoms with van der Waals surface area (Å²) in [6, 6.07) is 0.375. The number of aromatic nitrogens is 3. The van der Waals surface area contributed by atoms with Crippen LogP contribution in [0, 0.1) is 5.92 Å². The Balaban J connectivity index is 1.95. The van der Waals surface area contributed by atoms with Crippen molar-refractivity contribution < 1.29 is 4.79 Å². The van der Waals surface area contributed by atoms with Crippen molar-refractivity contribution in [3.05, 3.63) is 11.9 Å². The molecule has 1 aliphatic heterocycles. The Bertz CT molecular complexity index is 361. The lowest BCUT2D eigenvalue weighted by Crippen LogP contribution is -2.25. The maximum absolute atomic E-state index is 10.5. The molecule has 16 heavy (non-hydrogen) atoms. The van der Waals surface area contributed by atoms with Crippen LogP contribution in [-0.4, -0.2) is 45.8 Å². The number of aldehydes is 1. The van der Waals surface area contributed by atoms with E-state index in [0.29, 0.717) is 17.7 Å². The highest BCUT2D eigenvalue weighted by Gasteiger charge is 2.24. The van der Waals surface area contributed by atoms with Crippen LogP contribution >= 0.6 is 0 Å². The van der Waals surface area contributed by atoms with Crippen LogP contribution in [0.4, 0.5) is 0 Å². The summed E-state index contributed by atoms with van der Waals surface area (Å²) in [5.41, 5.74) is 0.419. The summed E-state index contributed by atoms with van der Waals surface area (Å²) in [6.07, 6.45) is 3.56. The lowest BCUT2D eigenvalue weighted by Gasteiger charge is -2.17. The molecular formula is C11H18N4O. The molecule has 1 fully saturated rings. The number of likely N-dealkylation sites (tertiary alicyclic amines) is 1. The summed E-state index contributed by atoms with van der Waals surface area (Å²) >= 11 is 0. The van der Waals surface area contributed by atoms with Crippen LogP contribution in [-0.2, 0) is 0 Å². The highest BCUT2D eigenvalue weighted by Crippen LogP contribution is 2.21. The summed E-state index contributed by atoms with van der Waals surface area (Å²) in [6.45, 7) is 7.71. The molecule has 1 aromatic rings. The van der Waals surface area contributed by atoms with Gasteiger partial charge in [0.05, 0.1) is 12.2 Å². The van der Waals surface area contributed by atoms with Crippen molar-refractivity contribution in [2.24, 2.45) is 5.92 Å². The number of carbonyl (C=O) groups excluding carboxylic acids is 1. The topological polar surface area (TPSA) is 51.0 Å². The van der Waals surface area contributed by atoms with E-state index in [-0.39, 0.29) is 0 Å². The monoisotopic (exact) mass is 222 g/mol. The molecule has 2 rings (SSSR count). The predicted octanol–water partition coefficient (Wildman–Crippen LogP) is 0.993. The van der Waals surface area contributed by atoms with Gasteiger partial charge in [0.15, 0.2) is 6.29 Å². The van der Waals surface area contributed by atoms with Crippen LogP contribution in [0.15, 0.2) is 6.20 Å². The zero-order valence-electron chi connectivity index (χ0n) is 9.83. The van der Waals surface area contributed by atoms with Gasteiger partial charge in [-0.15, -0.1) is 5.10 Å². The van der Waals surface area contributed by atoms with E-state index < -0.39 is 0 Å². The SMILES string of the molecule is CC(C)CN1CC[C@H](n2cc(C=O)nn2)C1. The van der Waals surface area contributed by atoms with Crippen LogP contribution in [0.1, 0.15) is 36.8 Å². The van der Waals surface area contributed by atoms with Gasteiger partial charge >= 0.3 is 0 Å². The molecule has 0 radical (unpaired) electrons. The molecule has 0 saturated carbocycles. The van der Waals surface area contributed by atoms with Crippen molar-refractivity contribution in [1.82, 2.24) is 19.9 Å². The van der Waals surface area contributed by atoms with Gasteiger partial charge in [-0.3, -0.25) is 4.79 Å². The van der Waals surface area contributed by atoms with E-state index in [0.717, 1.165) is 32.3 Å². The number of rotatable bonds is 4. The molecule has 0 aliphatic carbocycles. The van der Waals surface area contributed by atoms with Crippen molar-refractivity contribution in [2.45, 2.75) is 26.3 Å². The highest BCUT2D eigenvalue weighted by atomic mass is 16.1. The average Bonchev–Trinajstić information content (AvgIpc) is 2.83.